The van der Waals surface area contributed by atoms with Gasteiger partial charge in [0.2, 0.25) is 5.91 Å². The minimum absolute atomic E-state index is 0.000640. The van der Waals surface area contributed by atoms with Gasteiger partial charge in [-0.15, -0.1) is 11.3 Å². The maximum atomic E-state index is 13.8. The third-order valence-corrected chi connectivity index (χ3v) is 7.58. The second-order valence-electron chi connectivity index (χ2n) is 8.85. The smallest absolute Gasteiger partial charge is 0.263 e. The summed E-state index contributed by atoms with van der Waals surface area (Å²) in [6.45, 7) is 6.94. The first-order valence-electron chi connectivity index (χ1n) is 11.5. The van der Waals surface area contributed by atoms with E-state index in [2.05, 4.69) is 5.32 Å². The summed E-state index contributed by atoms with van der Waals surface area (Å²) in [4.78, 5) is 43.9. The van der Waals surface area contributed by atoms with Crippen molar-refractivity contribution in [3.05, 3.63) is 57.8 Å². The van der Waals surface area contributed by atoms with E-state index in [-0.39, 0.29) is 30.4 Å². The molecule has 0 saturated carbocycles. The number of ether oxygens (including phenoxy) is 1. The SMILES string of the molecule is CC[C@H](C)NC(=O)[C@@H]1COC2(CCN(C(=O)c3cccs3)CC2)N1C(=O)c1ccccc1C. The molecular weight excluding hydrogens is 438 g/mol. The number of likely N-dealkylation sites (tertiary alicyclic amines) is 1. The van der Waals surface area contributed by atoms with Crippen molar-refractivity contribution in [3.63, 3.8) is 0 Å². The molecular formula is C25H31N3O4S. The molecule has 0 unspecified atom stereocenters. The van der Waals surface area contributed by atoms with Gasteiger partial charge in [-0.25, -0.2) is 0 Å². The molecule has 2 aliphatic heterocycles. The summed E-state index contributed by atoms with van der Waals surface area (Å²) in [5, 5.41) is 4.90. The van der Waals surface area contributed by atoms with Gasteiger partial charge < -0.3 is 15.0 Å². The number of benzene rings is 1. The van der Waals surface area contributed by atoms with E-state index < -0.39 is 11.8 Å². The predicted molar refractivity (Wildman–Crippen MR) is 127 cm³/mol. The number of hydrogen-bond donors (Lipinski definition) is 1. The standard InChI is InChI=1S/C25H31N3O4S/c1-4-18(3)26-22(29)20-16-32-25(28(20)23(30)19-9-6-5-8-17(19)2)11-13-27(14-12-25)24(31)21-10-7-15-33-21/h5-10,15,18,20H,4,11-14,16H2,1-3H3,(H,26,29)/t18-,20-/m0/s1. The fourth-order valence-electron chi connectivity index (χ4n) is 4.57. The van der Waals surface area contributed by atoms with Crippen molar-refractivity contribution in [2.75, 3.05) is 19.7 Å². The predicted octanol–water partition coefficient (Wildman–Crippen LogP) is 3.44. The third kappa shape index (κ3) is 4.54. The number of thiophene rings is 1. The fourth-order valence-corrected chi connectivity index (χ4v) is 5.26. The van der Waals surface area contributed by atoms with Crippen LogP contribution in [0.5, 0.6) is 0 Å². The van der Waals surface area contributed by atoms with Crippen molar-refractivity contribution in [3.8, 4) is 0 Å². The average molecular weight is 470 g/mol. The number of piperidine rings is 1. The molecule has 8 heteroatoms. The summed E-state index contributed by atoms with van der Waals surface area (Å²) in [7, 11) is 0. The highest BCUT2D eigenvalue weighted by Gasteiger charge is 2.54. The van der Waals surface area contributed by atoms with Gasteiger partial charge >= 0.3 is 0 Å². The largest absolute Gasteiger partial charge is 0.353 e. The number of amides is 3. The maximum absolute atomic E-state index is 13.8. The van der Waals surface area contributed by atoms with Crippen LogP contribution in [0.25, 0.3) is 0 Å². The van der Waals surface area contributed by atoms with E-state index in [0.717, 1.165) is 12.0 Å². The summed E-state index contributed by atoms with van der Waals surface area (Å²) in [6.07, 6.45) is 1.74. The third-order valence-electron chi connectivity index (χ3n) is 6.72. The molecule has 1 N–H and O–H groups in total. The van der Waals surface area contributed by atoms with Gasteiger partial charge in [0.1, 0.15) is 11.8 Å². The Hall–Kier alpha value is -2.71. The molecule has 7 nitrogen and oxygen atoms in total. The Kier molecular flexibility index (Phi) is 6.86. The van der Waals surface area contributed by atoms with Crippen molar-refractivity contribution in [2.45, 2.75) is 57.8 Å². The highest BCUT2D eigenvalue weighted by atomic mass is 32.1. The van der Waals surface area contributed by atoms with Crippen LogP contribution in [0.4, 0.5) is 0 Å². The van der Waals surface area contributed by atoms with Crippen LogP contribution in [0.3, 0.4) is 0 Å². The van der Waals surface area contributed by atoms with E-state index in [0.29, 0.717) is 36.4 Å². The summed E-state index contributed by atoms with van der Waals surface area (Å²) >= 11 is 1.42. The van der Waals surface area contributed by atoms with Crippen LogP contribution in [0.2, 0.25) is 0 Å². The molecule has 2 saturated heterocycles. The Morgan fingerprint density at radius 1 is 1.15 bits per heavy atom. The lowest BCUT2D eigenvalue weighted by Crippen LogP contribution is -2.60. The van der Waals surface area contributed by atoms with E-state index in [1.807, 2.05) is 61.4 Å². The number of rotatable bonds is 5. The normalized spacial score (nSPS) is 20.6. The molecule has 2 fully saturated rings. The number of carbonyl (C=O) groups excluding carboxylic acids is 3. The van der Waals surface area contributed by atoms with Gasteiger partial charge in [-0.05, 0) is 43.3 Å². The number of carbonyl (C=O) groups is 3. The Labute approximate surface area is 198 Å². The van der Waals surface area contributed by atoms with Crippen molar-refractivity contribution >= 4 is 29.1 Å². The molecule has 0 bridgehead atoms. The molecule has 3 amide bonds. The van der Waals surface area contributed by atoms with Crippen molar-refractivity contribution in [1.29, 1.82) is 0 Å². The molecule has 4 rings (SSSR count). The highest BCUT2D eigenvalue weighted by Crippen LogP contribution is 2.39. The lowest BCUT2D eigenvalue weighted by Gasteiger charge is -2.44. The van der Waals surface area contributed by atoms with Gasteiger partial charge in [0.25, 0.3) is 11.8 Å². The molecule has 0 radical (unpaired) electrons. The fraction of sp³-hybridized carbons (Fsp3) is 0.480. The van der Waals surface area contributed by atoms with Crippen LogP contribution < -0.4 is 5.32 Å². The highest BCUT2D eigenvalue weighted by molar-refractivity contribution is 7.12. The number of nitrogens with zero attached hydrogens (tertiary/aromatic N) is 2. The minimum Gasteiger partial charge on any atom is -0.353 e. The molecule has 3 heterocycles. The van der Waals surface area contributed by atoms with Crippen molar-refractivity contribution in [1.82, 2.24) is 15.1 Å². The minimum atomic E-state index is -0.900. The molecule has 2 atom stereocenters. The van der Waals surface area contributed by atoms with Crippen LogP contribution in [-0.2, 0) is 9.53 Å². The summed E-state index contributed by atoms with van der Waals surface area (Å²) in [6, 6.07) is 10.4. The zero-order valence-electron chi connectivity index (χ0n) is 19.4. The molecule has 33 heavy (non-hydrogen) atoms. The van der Waals surface area contributed by atoms with Crippen LogP contribution in [-0.4, -0.2) is 65.0 Å². The van der Waals surface area contributed by atoms with E-state index in [1.165, 1.54) is 11.3 Å². The quantitative estimate of drug-likeness (QED) is 0.728. The van der Waals surface area contributed by atoms with Gasteiger partial charge in [-0.1, -0.05) is 31.2 Å². The maximum Gasteiger partial charge on any atom is 0.263 e. The lowest BCUT2D eigenvalue weighted by atomic mass is 9.95. The molecule has 2 aliphatic rings. The molecule has 1 aromatic carbocycles. The molecule has 1 aromatic heterocycles. The van der Waals surface area contributed by atoms with Crippen LogP contribution >= 0.6 is 11.3 Å². The van der Waals surface area contributed by atoms with Gasteiger partial charge in [0.05, 0.1) is 11.5 Å². The second-order valence-corrected chi connectivity index (χ2v) is 9.80. The first kappa shape index (κ1) is 23.4. The Balaban J connectivity index is 1.60. The van der Waals surface area contributed by atoms with Gasteiger partial charge in [0.15, 0.2) is 0 Å². The van der Waals surface area contributed by atoms with Crippen LogP contribution in [0.1, 0.15) is 58.7 Å². The summed E-state index contributed by atoms with van der Waals surface area (Å²) in [5.74, 6) is -0.395. The van der Waals surface area contributed by atoms with E-state index in [4.69, 9.17) is 4.74 Å². The topological polar surface area (TPSA) is 79.0 Å². The molecule has 0 aliphatic carbocycles. The molecule has 1 spiro atoms. The van der Waals surface area contributed by atoms with Gasteiger partial charge in [0, 0.05) is 37.5 Å². The first-order valence-corrected chi connectivity index (χ1v) is 12.4. The Morgan fingerprint density at radius 3 is 2.52 bits per heavy atom. The van der Waals surface area contributed by atoms with Gasteiger partial charge in [-0.3, -0.25) is 19.3 Å². The molecule has 2 aromatic rings. The zero-order chi connectivity index (χ0) is 23.6. The van der Waals surface area contributed by atoms with E-state index >= 15 is 0 Å². The zero-order valence-corrected chi connectivity index (χ0v) is 20.2. The second kappa shape index (κ2) is 9.65. The first-order chi connectivity index (χ1) is 15.9. The number of aryl methyl sites for hydroxylation is 1. The Bertz CT molecular complexity index is 1010. The Morgan fingerprint density at radius 2 is 1.88 bits per heavy atom. The monoisotopic (exact) mass is 469 g/mol. The van der Waals surface area contributed by atoms with Crippen molar-refractivity contribution in [2.24, 2.45) is 0 Å². The average Bonchev–Trinajstić information content (AvgIpc) is 3.48. The molecule has 176 valence electrons. The number of nitrogens with one attached hydrogen (secondary N) is 1. The van der Waals surface area contributed by atoms with Crippen LogP contribution in [0, 0.1) is 6.92 Å². The summed E-state index contributed by atoms with van der Waals surface area (Å²) < 4.78 is 6.25. The van der Waals surface area contributed by atoms with E-state index in [9.17, 15) is 14.4 Å². The van der Waals surface area contributed by atoms with Crippen LogP contribution in [0.15, 0.2) is 41.8 Å². The van der Waals surface area contributed by atoms with Gasteiger partial charge in [-0.2, -0.15) is 0 Å². The van der Waals surface area contributed by atoms with E-state index in [1.54, 1.807) is 11.0 Å². The summed E-state index contributed by atoms with van der Waals surface area (Å²) in [5.41, 5.74) is 0.528. The van der Waals surface area contributed by atoms with Crippen molar-refractivity contribution < 1.29 is 19.1 Å². The number of hydrogen-bond acceptors (Lipinski definition) is 5. The lowest BCUT2D eigenvalue weighted by molar-refractivity contribution is -0.128.